The number of carbonyl (C=O) groups is 3. The lowest BCUT2D eigenvalue weighted by atomic mass is 10.1. The number of allylic oxidation sites excluding steroid dienone is 2. The van der Waals surface area contributed by atoms with E-state index in [0.29, 0.717) is 23.7 Å². The van der Waals surface area contributed by atoms with Gasteiger partial charge in [0.15, 0.2) is 6.10 Å². The molecule has 0 aromatic rings. The van der Waals surface area contributed by atoms with Gasteiger partial charge in [-0.15, -0.1) is 0 Å². The second-order valence-corrected chi connectivity index (χ2v) is 12.8. The van der Waals surface area contributed by atoms with Gasteiger partial charge in [0.1, 0.15) is 26.0 Å². The molecule has 0 aliphatic heterocycles. The highest BCUT2D eigenvalue weighted by molar-refractivity contribution is 7.45. The molecule has 0 aromatic carbocycles. The van der Waals surface area contributed by atoms with Crippen molar-refractivity contribution in [2.45, 2.75) is 116 Å². The van der Waals surface area contributed by atoms with Crippen molar-refractivity contribution in [1.82, 2.24) is 0 Å². The smallest absolute Gasteiger partial charge is 0.306 e. The molecule has 0 N–H and O–H groups in total. The predicted octanol–water partition coefficient (Wildman–Crippen LogP) is 5.67. The van der Waals surface area contributed by atoms with Gasteiger partial charge in [-0.1, -0.05) is 70.4 Å². The molecule has 0 bridgehead atoms. The Kier molecular flexibility index (Phi) is 24.0. The molecule has 0 spiro atoms. The molecule has 41 heavy (non-hydrogen) atoms. The van der Waals surface area contributed by atoms with Gasteiger partial charge < -0.3 is 32.7 Å². The summed E-state index contributed by atoms with van der Waals surface area (Å²) in [6, 6.07) is 0. The Morgan fingerprint density at radius 1 is 0.780 bits per heavy atom. The highest BCUT2D eigenvalue weighted by Gasteiger charge is 2.21. The lowest BCUT2D eigenvalue weighted by Crippen LogP contribution is -2.37. The summed E-state index contributed by atoms with van der Waals surface area (Å²) in [4.78, 5) is 46.7. The van der Waals surface area contributed by atoms with E-state index >= 15 is 0 Å². The van der Waals surface area contributed by atoms with E-state index in [0.717, 1.165) is 32.1 Å². The fraction of sp³-hybridized carbons (Fsp3) is 0.833. The minimum atomic E-state index is -4.64. The standard InChI is InChI=1S/C30H56NO9P/c1-5-6-7-8-9-10-11-12-13-14-15-16-17-18-19-21-29(33)37-26-28(40-30(34)22-20-24-32)27-39-41(35,36)38-25-23-31(2,3)4/h12-13,24,28H,5-11,14-23,25-27H2,1-4H3/b13-12-/t28-/m1/s1. The van der Waals surface area contributed by atoms with Gasteiger partial charge in [-0.25, -0.2) is 0 Å². The number of carbonyl (C=O) groups excluding carboxylic acids is 3. The number of phosphoric ester groups is 1. The number of hydrogen-bond donors (Lipinski definition) is 0. The number of unbranched alkanes of at least 4 members (excludes halogenated alkanes) is 11. The number of aldehydes is 1. The molecule has 0 rings (SSSR count). The van der Waals surface area contributed by atoms with Crippen LogP contribution in [-0.4, -0.2) is 76.3 Å². The van der Waals surface area contributed by atoms with Crippen molar-refractivity contribution in [1.29, 1.82) is 0 Å². The van der Waals surface area contributed by atoms with Gasteiger partial charge >= 0.3 is 11.9 Å². The Bertz CT molecular complexity index is 768. The van der Waals surface area contributed by atoms with Gasteiger partial charge in [0, 0.05) is 12.8 Å². The molecule has 10 nitrogen and oxygen atoms in total. The largest absolute Gasteiger partial charge is 0.756 e. The number of esters is 2. The van der Waals surface area contributed by atoms with Crippen LogP contribution in [0.5, 0.6) is 0 Å². The summed E-state index contributed by atoms with van der Waals surface area (Å²) in [5.41, 5.74) is 0. The van der Waals surface area contributed by atoms with Crippen molar-refractivity contribution < 1.29 is 46.8 Å². The number of nitrogens with zero attached hydrogens (tertiary/aromatic N) is 1. The highest BCUT2D eigenvalue weighted by atomic mass is 31.2. The summed E-state index contributed by atoms with van der Waals surface area (Å²) in [6.07, 6.45) is 19.1. The zero-order valence-electron chi connectivity index (χ0n) is 26.0. The van der Waals surface area contributed by atoms with Crippen LogP contribution in [0.4, 0.5) is 0 Å². The normalized spacial score (nSPS) is 14.1. The maximum Gasteiger partial charge on any atom is 0.306 e. The van der Waals surface area contributed by atoms with Gasteiger partial charge in [0.2, 0.25) is 0 Å². The van der Waals surface area contributed by atoms with Crippen LogP contribution < -0.4 is 4.89 Å². The minimum Gasteiger partial charge on any atom is -0.756 e. The van der Waals surface area contributed by atoms with Crippen LogP contribution >= 0.6 is 7.82 Å². The minimum absolute atomic E-state index is 0.0319. The van der Waals surface area contributed by atoms with Crippen molar-refractivity contribution in [3.8, 4) is 0 Å². The molecule has 0 aromatic heterocycles. The third-order valence-corrected chi connectivity index (χ3v) is 7.23. The zero-order valence-corrected chi connectivity index (χ0v) is 26.9. The Labute approximate surface area is 248 Å². The molecular formula is C30H56NO9P. The molecule has 0 saturated carbocycles. The Morgan fingerprint density at radius 2 is 1.37 bits per heavy atom. The molecule has 0 fully saturated rings. The Morgan fingerprint density at radius 3 is 1.95 bits per heavy atom. The monoisotopic (exact) mass is 605 g/mol. The van der Waals surface area contributed by atoms with E-state index < -0.39 is 32.5 Å². The van der Waals surface area contributed by atoms with Crippen LogP contribution in [0.25, 0.3) is 0 Å². The van der Waals surface area contributed by atoms with E-state index in [1.807, 2.05) is 21.1 Å². The molecular weight excluding hydrogens is 549 g/mol. The number of ether oxygens (including phenoxy) is 2. The first-order valence-corrected chi connectivity index (χ1v) is 16.8. The van der Waals surface area contributed by atoms with Crippen molar-refractivity contribution in [3.05, 3.63) is 12.2 Å². The molecule has 0 heterocycles. The average Bonchev–Trinajstić information content (AvgIpc) is 2.90. The molecule has 0 aliphatic rings. The van der Waals surface area contributed by atoms with Crippen LogP contribution in [0.15, 0.2) is 12.2 Å². The van der Waals surface area contributed by atoms with E-state index in [9.17, 15) is 23.8 Å². The van der Waals surface area contributed by atoms with E-state index in [1.165, 1.54) is 44.9 Å². The van der Waals surface area contributed by atoms with Crippen LogP contribution in [-0.2, 0) is 37.5 Å². The molecule has 11 heteroatoms. The Hall–Kier alpha value is -1.58. The molecule has 240 valence electrons. The van der Waals surface area contributed by atoms with E-state index in [-0.39, 0.29) is 32.5 Å². The third kappa shape index (κ3) is 28.3. The van der Waals surface area contributed by atoms with Crippen molar-refractivity contribution in [3.63, 3.8) is 0 Å². The van der Waals surface area contributed by atoms with Gasteiger partial charge in [-0.05, 0) is 32.1 Å². The number of rotatable bonds is 28. The topological polar surface area (TPSA) is 128 Å². The summed E-state index contributed by atoms with van der Waals surface area (Å²) in [7, 11) is 1.02. The second kappa shape index (κ2) is 25.0. The van der Waals surface area contributed by atoms with Crippen LogP contribution in [0.1, 0.15) is 110 Å². The average molecular weight is 606 g/mol. The summed E-state index contributed by atoms with van der Waals surface area (Å²) in [5.74, 6) is -1.17. The maximum absolute atomic E-state index is 12.2. The van der Waals surface area contributed by atoms with Crippen LogP contribution in [0.3, 0.4) is 0 Å². The lowest BCUT2D eigenvalue weighted by Gasteiger charge is -2.28. The molecule has 0 amide bonds. The fourth-order valence-electron chi connectivity index (χ4n) is 3.77. The van der Waals surface area contributed by atoms with Crippen molar-refractivity contribution >= 4 is 26.0 Å². The van der Waals surface area contributed by atoms with Gasteiger partial charge in [0.05, 0.1) is 34.2 Å². The zero-order chi connectivity index (χ0) is 30.8. The highest BCUT2D eigenvalue weighted by Crippen LogP contribution is 2.38. The molecule has 2 atom stereocenters. The molecule has 0 saturated heterocycles. The maximum atomic E-state index is 12.2. The first-order valence-electron chi connectivity index (χ1n) is 15.3. The first-order chi connectivity index (χ1) is 19.5. The first kappa shape index (κ1) is 39.4. The number of likely N-dealkylation sites (N-methyl/N-ethyl adjacent to an activating group) is 1. The predicted molar refractivity (Wildman–Crippen MR) is 158 cm³/mol. The van der Waals surface area contributed by atoms with E-state index in [1.54, 1.807) is 0 Å². The van der Waals surface area contributed by atoms with Crippen LogP contribution in [0, 0.1) is 0 Å². The van der Waals surface area contributed by atoms with Gasteiger partial charge in [0.25, 0.3) is 7.82 Å². The van der Waals surface area contributed by atoms with E-state index in [4.69, 9.17) is 18.5 Å². The van der Waals surface area contributed by atoms with Gasteiger partial charge in [-0.2, -0.15) is 0 Å². The number of phosphoric acid groups is 1. The Balaban J connectivity index is 4.19. The lowest BCUT2D eigenvalue weighted by molar-refractivity contribution is -0.870. The summed E-state index contributed by atoms with van der Waals surface area (Å²) < 4.78 is 32.7. The van der Waals surface area contributed by atoms with Crippen molar-refractivity contribution in [2.75, 3.05) is 47.5 Å². The summed E-state index contributed by atoms with van der Waals surface area (Å²) >= 11 is 0. The number of quaternary nitrogens is 1. The quantitative estimate of drug-likeness (QED) is 0.0277. The van der Waals surface area contributed by atoms with Crippen molar-refractivity contribution in [2.24, 2.45) is 0 Å². The van der Waals surface area contributed by atoms with Crippen LogP contribution in [0.2, 0.25) is 0 Å². The van der Waals surface area contributed by atoms with E-state index in [2.05, 4.69) is 19.1 Å². The SMILES string of the molecule is CCCCCCCC/C=C\CCCCCCCC(=O)OC[C@H](COP(=O)([O-])OCC[N+](C)(C)C)OC(=O)CCC=O. The fourth-order valence-corrected chi connectivity index (χ4v) is 4.50. The summed E-state index contributed by atoms with van der Waals surface area (Å²) in [6.45, 7) is 1.70. The molecule has 1 unspecified atom stereocenters. The number of hydrogen-bond acceptors (Lipinski definition) is 9. The molecule has 0 radical (unpaired) electrons. The second-order valence-electron chi connectivity index (χ2n) is 11.4. The van der Waals surface area contributed by atoms with Gasteiger partial charge in [-0.3, -0.25) is 14.2 Å². The molecule has 0 aliphatic carbocycles. The summed E-state index contributed by atoms with van der Waals surface area (Å²) in [5, 5.41) is 0. The third-order valence-electron chi connectivity index (χ3n) is 6.27.